The van der Waals surface area contributed by atoms with Gasteiger partial charge in [0.15, 0.2) is 0 Å². The van der Waals surface area contributed by atoms with E-state index in [2.05, 4.69) is 16.0 Å². The van der Waals surface area contributed by atoms with Gasteiger partial charge in [-0.25, -0.2) is 4.98 Å². The summed E-state index contributed by atoms with van der Waals surface area (Å²) in [4.78, 5) is 22.9. The van der Waals surface area contributed by atoms with Crippen LogP contribution in [0.2, 0.25) is 0 Å². The van der Waals surface area contributed by atoms with Gasteiger partial charge in [0.05, 0.1) is 7.11 Å². The molecular weight excluding hydrogens is 314 g/mol. The van der Waals surface area contributed by atoms with Crippen molar-refractivity contribution in [1.29, 1.82) is 0 Å². The van der Waals surface area contributed by atoms with E-state index < -0.39 is 0 Å². The lowest BCUT2D eigenvalue weighted by Crippen LogP contribution is -2.29. The fourth-order valence-electron chi connectivity index (χ4n) is 3.20. The SMILES string of the molecule is COc1ncccc1C(=O)N1CCc2cc(-c3ccncc3)ccc21. The molecule has 1 aliphatic heterocycles. The van der Waals surface area contributed by atoms with E-state index in [0.717, 1.165) is 23.2 Å². The van der Waals surface area contributed by atoms with Crippen molar-refractivity contribution in [2.24, 2.45) is 0 Å². The van der Waals surface area contributed by atoms with E-state index in [9.17, 15) is 4.79 Å². The van der Waals surface area contributed by atoms with Gasteiger partial charge in [-0.05, 0) is 59.5 Å². The first-order valence-electron chi connectivity index (χ1n) is 8.12. The van der Waals surface area contributed by atoms with Crippen molar-refractivity contribution in [3.05, 3.63) is 72.2 Å². The smallest absolute Gasteiger partial charge is 0.263 e. The normalized spacial score (nSPS) is 12.8. The minimum atomic E-state index is -0.0830. The van der Waals surface area contributed by atoms with Gasteiger partial charge in [-0.3, -0.25) is 9.78 Å². The number of ether oxygens (including phenoxy) is 1. The zero-order valence-electron chi connectivity index (χ0n) is 13.8. The van der Waals surface area contributed by atoms with Gasteiger partial charge in [-0.2, -0.15) is 0 Å². The molecule has 5 nitrogen and oxygen atoms in total. The summed E-state index contributed by atoms with van der Waals surface area (Å²) in [5, 5.41) is 0. The topological polar surface area (TPSA) is 55.3 Å². The highest BCUT2D eigenvalue weighted by Gasteiger charge is 2.27. The monoisotopic (exact) mass is 331 g/mol. The van der Waals surface area contributed by atoms with Crippen molar-refractivity contribution in [1.82, 2.24) is 9.97 Å². The third-order valence-corrected chi connectivity index (χ3v) is 4.43. The third kappa shape index (κ3) is 2.74. The molecule has 0 N–H and O–H groups in total. The van der Waals surface area contributed by atoms with Crippen LogP contribution in [0.3, 0.4) is 0 Å². The maximum absolute atomic E-state index is 12.9. The van der Waals surface area contributed by atoms with E-state index in [1.807, 2.05) is 24.3 Å². The Morgan fingerprint density at radius 3 is 2.72 bits per heavy atom. The van der Waals surface area contributed by atoms with Crippen molar-refractivity contribution in [3.8, 4) is 17.0 Å². The minimum absolute atomic E-state index is 0.0830. The van der Waals surface area contributed by atoms with Gasteiger partial charge in [-0.1, -0.05) is 6.07 Å². The van der Waals surface area contributed by atoms with E-state index in [-0.39, 0.29) is 5.91 Å². The second kappa shape index (κ2) is 6.36. The van der Waals surface area contributed by atoms with Crippen LogP contribution in [0.25, 0.3) is 11.1 Å². The molecule has 0 atom stereocenters. The lowest BCUT2D eigenvalue weighted by Gasteiger charge is -2.18. The summed E-state index contributed by atoms with van der Waals surface area (Å²) in [6.45, 7) is 0.659. The summed E-state index contributed by atoms with van der Waals surface area (Å²) in [6.07, 6.45) is 6.03. The molecule has 25 heavy (non-hydrogen) atoms. The number of rotatable bonds is 3. The Labute approximate surface area is 145 Å². The molecular formula is C20H17N3O2. The number of hydrogen-bond acceptors (Lipinski definition) is 4. The van der Waals surface area contributed by atoms with Gasteiger partial charge in [-0.15, -0.1) is 0 Å². The summed E-state index contributed by atoms with van der Waals surface area (Å²) in [5.41, 5.74) is 4.86. The zero-order chi connectivity index (χ0) is 17.2. The fourth-order valence-corrected chi connectivity index (χ4v) is 3.20. The molecule has 0 radical (unpaired) electrons. The molecule has 0 spiro atoms. The number of anilines is 1. The zero-order valence-corrected chi connectivity index (χ0v) is 13.8. The number of pyridine rings is 2. The second-order valence-corrected chi connectivity index (χ2v) is 5.85. The first kappa shape index (κ1) is 15.3. The lowest BCUT2D eigenvalue weighted by atomic mass is 10.0. The molecule has 1 aliphatic rings. The van der Waals surface area contributed by atoms with Gasteiger partial charge in [0.2, 0.25) is 5.88 Å². The van der Waals surface area contributed by atoms with Crippen LogP contribution < -0.4 is 9.64 Å². The Morgan fingerprint density at radius 1 is 1.08 bits per heavy atom. The van der Waals surface area contributed by atoms with Crippen LogP contribution in [-0.2, 0) is 6.42 Å². The maximum atomic E-state index is 12.9. The number of hydrogen-bond donors (Lipinski definition) is 0. The van der Waals surface area contributed by atoms with Gasteiger partial charge in [0.25, 0.3) is 5.91 Å². The van der Waals surface area contributed by atoms with Crippen molar-refractivity contribution in [3.63, 3.8) is 0 Å². The molecule has 3 heterocycles. The number of amides is 1. The number of fused-ring (bicyclic) bond motifs is 1. The van der Waals surface area contributed by atoms with Crippen LogP contribution in [0, 0.1) is 0 Å². The summed E-state index contributed by atoms with van der Waals surface area (Å²) in [5.74, 6) is 0.273. The van der Waals surface area contributed by atoms with Gasteiger partial charge in [0.1, 0.15) is 5.56 Å². The lowest BCUT2D eigenvalue weighted by molar-refractivity contribution is 0.0985. The Balaban J connectivity index is 1.67. The largest absolute Gasteiger partial charge is 0.480 e. The maximum Gasteiger partial charge on any atom is 0.263 e. The first-order chi connectivity index (χ1) is 12.3. The minimum Gasteiger partial charge on any atom is -0.480 e. The highest BCUT2D eigenvalue weighted by atomic mass is 16.5. The predicted octanol–water partition coefficient (Wildman–Crippen LogP) is 3.36. The number of methoxy groups -OCH3 is 1. The van der Waals surface area contributed by atoms with Crippen LogP contribution in [-0.4, -0.2) is 29.5 Å². The number of nitrogens with zero attached hydrogens (tertiary/aromatic N) is 3. The summed E-state index contributed by atoms with van der Waals surface area (Å²) >= 11 is 0. The van der Waals surface area contributed by atoms with Crippen LogP contribution in [0.5, 0.6) is 5.88 Å². The van der Waals surface area contributed by atoms with Gasteiger partial charge >= 0.3 is 0 Å². The van der Waals surface area contributed by atoms with Crippen molar-refractivity contribution in [2.45, 2.75) is 6.42 Å². The number of carbonyl (C=O) groups is 1. The Hall–Kier alpha value is -3.21. The summed E-state index contributed by atoms with van der Waals surface area (Å²) < 4.78 is 5.23. The fraction of sp³-hybridized carbons (Fsp3) is 0.150. The summed E-state index contributed by atoms with van der Waals surface area (Å²) in [7, 11) is 1.53. The predicted molar refractivity (Wildman–Crippen MR) is 95.8 cm³/mol. The highest BCUT2D eigenvalue weighted by Crippen LogP contribution is 2.33. The Bertz CT molecular complexity index is 925. The van der Waals surface area contributed by atoms with E-state index in [1.165, 1.54) is 12.7 Å². The van der Waals surface area contributed by atoms with E-state index in [0.29, 0.717) is 18.0 Å². The van der Waals surface area contributed by atoms with E-state index in [4.69, 9.17) is 4.74 Å². The molecule has 1 amide bonds. The first-order valence-corrected chi connectivity index (χ1v) is 8.12. The van der Waals surface area contributed by atoms with Crippen LogP contribution in [0.4, 0.5) is 5.69 Å². The van der Waals surface area contributed by atoms with Crippen LogP contribution >= 0.6 is 0 Å². The average Bonchev–Trinajstić information content (AvgIpc) is 3.11. The van der Waals surface area contributed by atoms with Crippen LogP contribution in [0.1, 0.15) is 15.9 Å². The van der Waals surface area contributed by atoms with Crippen molar-refractivity contribution in [2.75, 3.05) is 18.6 Å². The average molecular weight is 331 g/mol. The van der Waals surface area contributed by atoms with Crippen molar-refractivity contribution < 1.29 is 9.53 Å². The Morgan fingerprint density at radius 2 is 1.92 bits per heavy atom. The molecule has 0 saturated carbocycles. The van der Waals surface area contributed by atoms with E-state index in [1.54, 1.807) is 35.6 Å². The second-order valence-electron chi connectivity index (χ2n) is 5.85. The highest BCUT2D eigenvalue weighted by molar-refractivity contribution is 6.08. The standard InChI is InChI=1S/C20H17N3O2/c1-25-19-17(3-2-9-22-19)20(24)23-12-8-16-13-15(4-5-18(16)23)14-6-10-21-11-7-14/h2-7,9-11,13H,8,12H2,1H3. The molecule has 124 valence electrons. The molecule has 0 saturated heterocycles. The molecule has 5 heteroatoms. The van der Waals surface area contributed by atoms with Crippen LogP contribution in [0.15, 0.2) is 61.1 Å². The molecule has 1 aromatic carbocycles. The molecule has 0 unspecified atom stereocenters. The number of carbonyl (C=O) groups excluding carboxylic acids is 1. The number of aromatic nitrogens is 2. The summed E-state index contributed by atoms with van der Waals surface area (Å²) in [6, 6.07) is 13.7. The van der Waals surface area contributed by atoms with Gasteiger partial charge < -0.3 is 9.64 Å². The van der Waals surface area contributed by atoms with Crippen molar-refractivity contribution >= 4 is 11.6 Å². The van der Waals surface area contributed by atoms with Gasteiger partial charge in [0, 0.05) is 30.8 Å². The van der Waals surface area contributed by atoms with E-state index >= 15 is 0 Å². The quantitative estimate of drug-likeness (QED) is 0.738. The molecule has 2 aromatic heterocycles. The number of benzene rings is 1. The molecule has 0 aliphatic carbocycles. The Kier molecular flexibility index (Phi) is 3.90. The molecule has 0 fully saturated rings. The molecule has 4 rings (SSSR count). The molecule has 3 aromatic rings. The third-order valence-electron chi connectivity index (χ3n) is 4.43. The molecule has 0 bridgehead atoms.